The lowest BCUT2D eigenvalue weighted by molar-refractivity contribution is -0.127. The van der Waals surface area contributed by atoms with Crippen molar-refractivity contribution in [3.63, 3.8) is 0 Å². The Hall–Kier alpha value is -1.70. The molecule has 126 valence electrons. The van der Waals surface area contributed by atoms with Gasteiger partial charge in [0.05, 0.1) is 5.02 Å². The molecule has 0 aromatic heterocycles. The van der Waals surface area contributed by atoms with Crippen molar-refractivity contribution in [2.75, 3.05) is 19.6 Å². The molecule has 3 N–H and O–H groups in total. The van der Waals surface area contributed by atoms with Gasteiger partial charge in [-0.1, -0.05) is 11.6 Å². The van der Waals surface area contributed by atoms with E-state index in [0.717, 1.165) is 6.07 Å². The minimum Gasteiger partial charge on any atom is -0.388 e. The van der Waals surface area contributed by atoms with Gasteiger partial charge >= 0.3 is 0 Å². The van der Waals surface area contributed by atoms with E-state index in [2.05, 4.69) is 5.32 Å². The van der Waals surface area contributed by atoms with Gasteiger partial charge in [-0.25, -0.2) is 4.39 Å². The Kier molecular flexibility index (Phi) is 5.23. The summed E-state index contributed by atoms with van der Waals surface area (Å²) in [6.07, 6.45) is -1.10. The molecule has 0 spiro atoms. The van der Waals surface area contributed by atoms with Gasteiger partial charge in [0.15, 0.2) is 0 Å². The average Bonchev–Trinajstić information content (AvgIpc) is 2.50. The molecule has 0 unspecified atom stereocenters. The summed E-state index contributed by atoms with van der Waals surface area (Å²) in [4.78, 5) is 24.7. The average molecular weight is 345 g/mol. The maximum atomic E-state index is 13.2. The van der Waals surface area contributed by atoms with Crippen molar-refractivity contribution in [2.24, 2.45) is 0 Å². The molecule has 0 bridgehead atoms. The SMILES string of the molecule is CC(=O)NC[C@]1(O)CCN(C(=O)c2ccc(F)c(Cl)c2)C[C@H]1O. The smallest absolute Gasteiger partial charge is 0.254 e. The van der Waals surface area contributed by atoms with Gasteiger partial charge in [0, 0.05) is 32.1 Å². The first kappa shape index (κ1) is 17.7. The maximum Gasteiger partial charge on any atom is 0.254 e. The summed E-state index contributed by atoms with van der Waals surface area (Å²) in [6, 6.07) is 3.64. The predicted molar refractivity (Wildman–Crippen MR) is 81.6 cm³/mol. The molecule has 23 heavy (non-hydrogen) atoms. The van der Waals surface area contributed by atoms with Crippen LogP contribution in [0.25, 0.3) is 0 Å². The van der Waals surface area contributed by atoms with E-state index < -0.39 is 23.4 Å². The molecule has 1 aromatic rings. The number of amides is 2. The zero-order chi connectivity index (χ0) is 17.2. The number of aliphatic hydroxyl groups excluding tert-OH is 1. The summed E-state index contributed by atoms with van der Waals surface area (Å²) in [6.45, 7) is 1.32. The molecule has 0 radical (unpaired) electrons. The maximum absolute atomic E-state index is 13.2. The summed E-state index contributed by atoms with van der Waals surface area (Å²) in [5.41, 5.74) is -1.28. The van der Waals surface area contributed by atoms with Gasteiger partial charge in [-0.2, -0.15) is 0 Å². The summed E-state index contributed by atoms with van der Waals surface area (Å²) in [5, 5.41) is 22.8. The van der Waals surface area contributed by atoms with Crippen LogP contribution < -0.4 is 5.32 Å². The highest BCUT2D eigenvalue weighted by molar-refractivity contribution is 6.31. The molecule has 2 rings (SSSR count). The number of nitrogens with zero attached hydrogens (tertiary/aromatic N) is 1. The molecular formula is C15H18ClFN2O4. The number of aliphatic hydroxyl groups is 2. The van der Waals surface area contributed by atoms with Crippen LogP contribution in [0.2, 0.25) is 5.02 Å². The molecule has 2 atom stereocenters. The normalized spacial score (nSPS) is 24.4. The van der Waals surface area contributed by atoms with Gasteiger partial charge in [0.1, 0.15) is 17.5 Å². The van der Waals surface area contributed by atoms with Crippen molar-refractivity contribution in [2.45, 2.75) is 25.0 Å². The van der Waals surface area contributed by atoms with Crippen molar-refractivity contribution < 1.29 is 24.2 Å². The molecule has 1 aromatic carbocycles. The van der Waals surface area contributed by atoms with Crippen molar-refractivity contribution in [1.82, 2.24) is 10.2 Å². The highest BCUT2D eigenvalue weighted by Crippen LogP contribution is 2.24. The highest BCUT2D eigenvalue weighted by atomic mass is 35.5. The summed E-state index contributed by atoms with van der Waals surface area (Å²) in [7, 11) is 0. The Bertz CT molecular complexity index is 627. The fraction of sp³-hybridized carbons (Fsp3) is 0.467. The number of benzene rings is 1. The highest BCUT2D eigenvalue weighted by Gasteiger charge is 2.42. The van der Waals surface area contributed by atoms with Crippen LogP contribution in [-0.2, 0) is 4.79 Å². The standard InChI is InChI=1S/C15H18ClFN2O4/c1-9(20)18-8-15(23)4-5-19(7-13(15)21)14(22)10-2-3-12(17)11(16)6-10/h2-3,6,13,21,23H,4-5,7-8H2,1H3,(H,18,20)/t13-,15-/m1/s1. The Labute approximate surface area is 137 Å². The van der Waals surface area contributed by atoms with Gasteiger partial charge in [-0.3, -0.25) is 9.59 Å². The molecule has 1 fully saturated rings. The first-order valence-electron chi connectivity index (χ1n) is 7.12. The first-order chi connectivity index (χ1) is 10.7. The van der Waals surface area contributed by atoms with E-state index in [1.165, 1.54) is 24.0 Å². The van der Waals surface area contributed by atoms with Crippen LogP contribution in [0, 0.1) is 5.82 Å². The van der Waals surface area contributed by atoms with Crippen LogP contribution in [0.1, 0.15) is 23.7 Å². The monoisotopic (exact) mass is 344 g/mol. The number of β-amino-alcohol motifs (C(OH)–C–C–N with tert-alkyl or cyclic N) is 1. The molecule has 8 heteroatoms. The number of hydrogen-bond acceptors (Lipinski definition) is 4. The van der Waals surface area contributed by atoms with Gasteiger partial charge in [0.25, 0.3) is 5.91 Å². The van der Waals surface area contributed by atoms with Gasteiger partial charge < -0.3 is 20.4 Å². The number of nitrogens with one attached hydrogen (secondary N) is 1. The van der Waals surface area contributed by atoms with E-state index >= 15 is 0 Å². The zero-order valence-electron chi connectivity index (χ0n) is 12.6. The Morgan fingerprint density at radius 2 is 2.22 bits per heavy atom. The molecular weight excluding hydrogens is 327 g/mol. The quantitative estimate of drug-likeness (QED) is 0.747. The van der Waals surface area contributed by atoms with Crippen molar-refractivity contribution in [1.29, 1.82) is 0 Å². The van der Waals surface area contributed by atoms with E-state index in [4.69, 9.17) is 11.6 Å². The second-order valence-corrected chi connectivity index (χ2v) is 6.07. The van der Waals surface area contributed by atoms with Crippen LogP contribution in [-0.4, -0.2) is 58.3 Å². The minimum absolute atomic E-state index is 0.0894. The van der Waals surface area contributed by atoms with E-state index in [0.29, 0.717) is 0 Å². The molecule has 1 heterocycles. The molecule has 6 nitrogen and oxygen atoms in total. The lowest BCUT2D eigenvalue weighted by atomic mass is 9.88. The lowest BCUT2D eigenvalue weighted by Crippen LogP contribution is -2.61. The number of likely N-dealkylation sites (tertiary alicyclic amines) is 1. The fourth-order valence-electron chi connectivity index (χ4n) is 2.45. The second kappa shape index (κ2) is 6.82. The van der Waals surface area contributed by atoms with Crippen LogP contribution >= 0.6 is 11.6 Å². The molecule has 0 saturated carbocycles. The lowest BCUT2D eigenvalue weighted by Gasteiger charge is -2.42. The third-order valence-electron chi connectivity index (χ3n) is 3.93. The Morgan fingerprint density at radius 1 is 1.52 bits per heavy atom. The van der Waals surface area contributed by atoms with Crippen molar-refractivity contribution >= 4 is 23.4 Å². The topological polar surface area (TPSA) is 89.9 Å². The molecule has 1 aliphatic heterocycles. The Balaban J connectivity index is 2.05. The predicted octanol–water partition coefficient (Wildman–Crippen LogP) is 0.553. The number of hydrogen-bond donors (Lipinski definition) is 3. The summed E-state index contributed by atoms with van der Waals surface area (Å²) < 4.78 is 13.2. The van der Waals surface area contributed by atoms with Crippen molar-refractivity contribution in [3.8, 4) is 0 Å². The molecule has 2 amide bonds. The Morgan fingerprint density at radius 3 is 2.78 bits per heavy atom. The third-order valence-corrected chi connectivity index (χ3v) is 4.22. The van der Waals surface area contributed by atoms with E-state index in [1.54, 1.807) is 0 Å². The molecule has 0 aliphatic carbocycles. The van der Waals surface area contributed by atoms with E-state index in [-0.39, 0.29) is 42.5 Å². The van der Waals surface area contributed by atoms with Gasteiger partial charge in [0.2, 0.25) is 5.91 Å². The minimum atomic E-state index is -1.48. The van der Waals surface area contributed by atoms with Crippen LogP contribution in [0.15, 0.2) is 18.2 Å². The van der Waals surface area contributed by atoms with Crippen molar-refractivity contribution in [3.05, 3.63) is 34.6 Å². The zero-order valence-corrected chi connectivity index (χ0v) is 13.3. The summed E-state index contributed by atoms with van der Waals surface area (Å²) in [5.74, 6) is -1.34. The van der Waals surface area contributed by atoms with E-state index in [9.17, 15) is 24.2 Å². The van der Waals surface area contributed by atoms with Gasteiger partial charge in [-0.15, -0.1) is 0 Å². The number of halogens is 2. The number of carbonyl (C=O) groups excluding carboxylic acids is 2. The fourth-order valence-corrected chi connectivity index (χ4v) is 2.63. The molecule has 1 saturated heterocycles. The van der Waals surface area contributed by atoms with Crippen LogP contribution in [0.5, 0.6) is 0 Å². The van der Waals surface area contributed by atoms with E-state index in [1.807, 2.05) is 0 Å². The molecule has 1 aliphatic rings. The third kappa shape index (κ3) is 3.99. The second-order valence-electron chi connectivity index (χ2n) is 5.66. The number of rotatable bonds is 3. The van der Waals surface area contributed by atoms with Crippen LogP contribution in [0.3, 0.4) is 0 Å². The largest absolute Gasteiger partial charge is 0.388 e. The number of piperidine rings is 1. The number of carbonyl (C=O) groups is 2. The van der Waals surface area contributed by atoms with Gasteiger partial charge in [-0.05, 0) is 24.6 Å². The summed E-state index contributed by atoms with van der Waals surface area (Å²) >= 11 is 5.67. The van der Waals surface area contributed by atoms with Crippen LogP contribution in [0.4, 0.5) is 4.39 Å². The first-order valence-corrected chi connectivity index (χ1v) is 7.50.